The van der Waals surface area contributed by atoms with Crippen LogP contribution in [0.2, 0.25) is 0 Å². The molecule has 74 valence electrons. The van der Waals surface area contributed by atoms with E-state index in [4.69, 9.17) is 5.73 Å². The summed E-state index contributed by atoms with van der Waals surface area (Å²) >= 11 is 0. The zero-order valence-electron chi connectivity index (χ0n) is 8.84. The normalized spacial score (nSPS) is 28.4. The minimum Gasteiger partial charge on any atom is -0.324 e. The molecule has 2 atom stereocenters. The van der Waals surface area contributed by atoms with Crippen molar-refractivity contribution in [2.24, 2.45) is 11.7 Å². The minimum atomic E-state index is 0.281. The van der Waals surface area contributed by atoms with E-state index in [9.17, 15) is 0 Å². The molecule has 0 aliphatic heterocycles. The van der Waals surface area contributed by atoms with Gasteiger partial charge in [-0.25, -0.2) is 0 Å². The van der Waals surface area contributed by atoms with E-state index in [1.54, 1.807) is 0 Å². The van der Waals surface area contributed by atoms with Crippen LogP contribution in [0, 0.1) is 5.92 Å². The summed E-state index contributed by atoms with van der Waals surface area (Å²) in [4.78, 5) is 0. The fourth-order valence-electron chi connectivity index (χ4n) is 2.01. The van der Waals surface area contributed by atoms with Crippen LogP contribution in [-0.2, 0) is 0 Å². The van der Waals surface area contributed by atoms with Crippen molar-refractivity contribution in [3.63, 3.8) is 0 Å². The monoisotopic (exact) mass is 179 g/mol. The largest absolute Gasteiger partial charge is 0.324 e. The lowest BCUT2D eigenvalue weighted by Gasteiger charge is -2.24. The highest BCUT2D eigenvalue weighted by atomic mass is 14.6. The smallest absolute Gasteiger partial charge is 0.0229 e. The number of rotatable bonds is 3. The summed E-state index contributed by atoms with van der Waals surface area (Å²) in [5.74, 6) is 0.750. The highest BCUT2D eigenvalue weighted by Gasteiger charge is 2.16. The molecule has 0 radical (unpaired) electrons. The molecule has 0 spiro atoms. The van der Waals surface area contributed by atoms with Gasteiger partial charge in [-0.05, 0) is 31.6 Å². The summed E-state index contributed by atoms with van der Waals surface area (Å²) in [6.45, 7) is 8.48. The van der Waals surface area contributed by atoms with Crippen LogP contribution in [0.25, 0.3) is 0 Å². The van der Waals surface area contributed by atoms with Crippen LogP contribution in [0.4, 0.5) is 0 Å². The molecule has 1 aliphatic rings. The second-order valence-electron chi connectivity index (χ2n) is 4.31. The molecule has 0 saturated heterocycles. The third-order valence-electron chi connectivity index (χ3n) is 2.71. The predicted octanol–water partition coefficient (Wildman–Crippen LogP) is 3.03. The summed E-state index contributed by atoms with van der Waals surface area (Å²) in [7, 11) is 0. The fourth-order valence-corrected chi connectivity index (χ4v) is 2.01. The van der Waals surface area contributed by atoms with Crippen LogP contribution in [0.3, 0.4) is 0 Å². The third-order valence-corrected chi connectivity index (χ3v) is 2.71. The maximum atomic E-state index is 5.93. The molecular weight excluding hydrogens is 158 g/mol. The van der Waals surface area contributed by atoms with Gasteiger partial charge < -0.3 is 5.73 Å². The molecule has 1 rings (SSSR count). The molecule has 0 bridgehead atoms. The summed E-state index contributed by atoms with van der Waals surface area (Å²) < 4.78 is 0. The molecule has 0 aromatic carbocycles. The van der Waals surface area contributed by atoms with E-state index in [-0.39, 0.29) is 6.04 Å². The lowest BCUT2D eigenvalue weighted by Crippen LogP contribution is -2.24. The lowest BCUT2D eigenvalue weighted by molar-refractivity contribution is 0.467. The SMILES string of the molecule is C=C(CC)CC1=CC(N)CC(C)C1. The van der Waals surface area contributed by atoms with E-state index in [2.05, 4.69) is 26.5 Å². The molecule has 0 aromatic rings. The van der Waals surface area contributed by atoms with Gasteiger partial charge >= 0.3 is 0 Å². The Morgan fingerprint density at radius 3 is 2.92 bits per heavy atom. The Kier molecular flexibility index (Phi) is 3.73. The molecule has 0 aromatic heterocycles. The highest BCUT2D eigenvalue weighted by Crippen LogP contribution is 2.27. The van der Waals surface area contributed by atoms with Gasteiger partial charge in [0.05, 0.1) is 0 Å². The van der Waals surface area contributed by atoms with Crippen molar-refractivity contribution in [1.29, 1.82) is 0 Å². The van der Waals surface area contributed by atoms with Gasteiger partial charge in [0.2, 0.25) is 0 Å². The van der Waals surface area contributed by atoms with Gasteiger partial charge in [0, 0.05) is 6.04 Å². The van der Waals surface area contributed by atoms with Gasteiger partial charge in [-0.1, -0.05) is 37.6 Å². The molecule has 1 heteroatoms. The standard InChI is InChI=1S/C12H21N/c1-4-9(2)5-11-6-10(3)7-12(13)8-11/h8,10,12H,2,4-7,13H2,1,3H3. The van der Waals surface area contributed by atoms with E-state index in [1.165, 1.54) is 17.6 Å². The molecule has 13 heavy (non-hydrogen) atoms. The van der Waals surface area contributed by atoms with Crippen LogP contribution in [0.5, 0.6) is 0 Å². The van der Waals surface area contributed by atoms with Crippen LogP contribution in [0.15, 0.2) is 23.8 Å². The second-order valence-corrected chi connectivity index (χ2v) is 4.31. The Labute approximate surface area is 81.7 Å². The first kappa shape index (κ1) is 10.5. The van der Waals surface area contributed by atoms with Gasteiger partial charge in [0.25, 0.3) is 0 Å². The Bertz CT molecular complexity index is 215. The third kappa shape index (κ3) is 3.35. The average molecular weight is 179 g/mol. The number of hydrogen-bond acceptors (Lipinski definition) is 1. The Hall–Kier alpha value is -0.560. The first-order valence-corrected chi connectivity index (χ1v) is 5.23. The summed E-state index contributed by atoms with van der Waals surface area (Å²) in [6.07, 6.45) is 6.74. The van der Waals surface area contributed by atoms with Gasteiger partial charge in [-0.3, -0.25) is 0 Å². The van der Waals surface area contributed by atoms with Gasteiger partial charge in [-0.2, -0.15) is 0 Å². The quantitative estimate of drug-likeness (QED) is 0.662. The van der Waals surface area contributed by atoms with Crippen molar-refractivity contribution in [2.45, 2.75) is 45.6 Å². The van der Waals surface area contributed by atoms with Crippen molar-refractivity contribution in [3.8, 4) is 0 Å². The lowest BCUT2D eigenvalue weighted by atomic mass is 9.85. The Morgan fingerprint density at radius 1 is 1.69 bits per heavy atom. The van der Waals surface area contributed by atoms with Crippen LogP contribution in [0.1, 0.15) is 39.5 Å². The van der Waals surface area contributed by atoms with Gasteiger partial charge in [0.15, 0.2) is 0 Å². The number of hydrogen-bond donors (Lipinski definition) is 1. The van der Waals surface area contributed by atoms with E-state index >= 15 is 0 Å². The van der Waals surface area contributed by atoms with Crippen LogP contribution in [-0.4, -0.2) is 6.04 Å². The van der Waals surface area contributed by atoms with E-state index in [0.717, 1.165) is 25.2 Å². The maximum Gasteiger partial charge on any atom is 0.0229 e. The summed E-state index contributed by atoms with van der Waals surface area (Å²) in [6, 6.07) is 0.281. The first-order valence-electron chi connectivity index (χ1n) is 5.23. The van der Waals surface area contributed by atoms with Crippen LogP contribution >= 0.6 is 0 Å². The summed E-state index contributed by atoms with van der Waals surface area (Å²) in [5, 5.41) is 0. The second kappa shape index (κ2) is 4.61. The van der Waals surface area contributed by atoms with Crippen molar-refractivity contribution >= 4 is 0 Å². The van der Waals surface area contributed by atoms with Crippen molar-refractivity contribution < 1.29 is 0 Å². The molecule has 1 nitrogen and oxygen atoms in total. The molecule has 1 aliphatic carbocycles. The average Bonchev–Trinajstić information content (AvgIpc) is 2.02. The number of nitrogens with two attached hydrogens (primary N) is 1. The zero-order chi connectivity index (χ0) is 9.84. The predicted molar refractivity (Wildman–Crippen MR) is 58.5 cm³/mol. The zero-order valence-corrected chi connectivity index (χ0v) is 8.84. The van der Waals surface area contributed by atoms with Crippen LogP contribution < -0.4 is 5.73 Å². The van der Waals surface area contributed by atoms with E-state index < -0.39 is 0 Å². The first-order chi connectivity index (χ1) is 6.11. The molecule has 2 N–H and O–H groups in total. The molecular formula is C12H21N. The molecule has 2 unspecified atom stereocenters. The topological polar surface area (TPSA) is 26.0 Å². The molecule has 0 heterocycles. The van der Waals surface area contributed by atoms with Gasteiger partial charge in [-0.15, -0.1) is 0 Å². The Morgan fingerprint density at radius 2 is 2.38 bits per heavy atom. The molecule has 0 amide bonds. The van der Waals surface area contributed by atoms with Crippen molar-refractivity contribution in [1.82, 2.24) is 0 Å². The Balaban J connectivity index is 2.53. The van der Waals surface area contributed by atoms with Crippen molar-refractivity contribution in [3.05, 3.63) is 23.8 Å². The summed E-state index contributed by atoms with van der Waals surface area (Å²) in [5.41, 5.74) is 8.75. The fraction of sp³-hybridized carbons (Fsp3) is 0.667. The maximum absolute atomic E-state index is 5.93. The minimum absolute atomic E-state index is 0.281. The number of allylic oxidation sites excluding steroid dienone is 2. The van der Waals surface area contributed by atoms with Gasteiger partial charge in [0.1, 0.15) is 0 Å². The van der Waals surface area contributed by atoms with E-state index in [1.807, 2.05) is 0 Å². The molecule has 0 saturated carbocycles. The van der Waals surface area contributed by atoms with Crippen molar-refractivity contribution in [2.75, 3.05) is 0 Å². The van der Waals surface area contributed by atoms with E-state index in [0.29, 0.717) is 0 Å². The molecule has 0 fully saturated rings. The highest BCUT2D eigenvalue weighted by molar-refractivity contribution is 5.18.